The highest BCUT2D eigenvalue weighted by molar-refractivity contribution is 6.35. The minimum absolute atomic E-state index is 0.206. The quantitative estimate of drug-likeness (QED) is 0.809. The molecule has 0 fully saturated rings. The summed E-state index contributed by atoms with van der Waals surface area (Å²) in [7, 11) is 0. The second-order valence-corrected chi connectivity index (χ2v) is 5.05. The molecule has 0 aromatic heterocycles. The largest absolute Gasteiger partial charge is 0.270 e. The van der Waals surface area contributed by atoms with Crippen molar-refractivity contribution in [2.45, 2.75) is 13.5 Å². The lowest BCUT2D eigenvalue weighted by atomic mass is 10.0. The van der Waals surface area contributed by atoms with E-state index in [0.717, 1.165) is 11.1 Å². The van der Waals surface area contributed by atoms with E-state index >= 15 is 0 Å². The van der Waals surface area contributed by atoms with Crippen LogP contribution in [-0.4, -0.2) is 16.7 Å². The van der Waals surface area contributed by atoms with Crippen molar-refractivity contribution >= 4 is 17.4 Å². The molecule has 3 nitrogen and oxygen atoms in total. The molecule has 1 aliphatic rings. The van der Waals surface area contributed by atoms with Crippen LogP contribution >= 0.6 is 0 Å². The standard InChI is InChI=1S/C18H15NO2/c1-13-16(15-10-6-3-7-11-15)18(21)19(17(13)20)12-14-8-4-2-5-9-14/h2-11H,12H2,1H3. The molecule has 0 atom stereocenters. The fraction of sp³-hybridized carbons (Fsp3) is 0.111. The average molecular weight is 277 g/mol. The normalized spacial score (nSPS) is 15.0. The summed E-state index contributed by atoms with van der Waals surface area (Å²) in [5, 5.41) is 0. The minimum Gasteiger partial charge on any atom is -0.270 e. The number of benzene rings is 2. The molecule has 0 unspecified atom stereocenters. The number of amides is 2. The Morgan fingerprint density at radius 2 is 1.38 bits per heavy atom. The first-order valence-corrected chi connectivity index (χ1v) is 6.85. The van der Waals surface area contributed by atoms with Gasteiger partial charge in [0.2, 0.25) is 0 Å². The molecule has 21 heavy (non-hydrogen) atoms. The molecule has 104 valence electrons. The van der Waals surface area contributed by atoms with Gasteiger partial charge in [0.25, 0.3) is 11.8 Å². The highest BCUT2D eigenvalue weighted by Crippen LogP contribution is 2.29. The van der Waals surface area contributed by atoms with Gasteiger partial charge in [-0.15, -0.1) is 0 Å². The highest BCUT2D eigenvalue weighted by atomic mass is 16.2. The van der Waals surface area contributed by atoms with Gasteiger partial charge in [-0.25, -0.2) is 0 Å². The van der Waals surface area contributed by atoms with Gasteiger partial charge in [-0.2, -0.15) is 0 Å². The molecule has 2 aromatic rings. The van der Waals surface area contributed by atoms with E-state index in [1.807, 2.05) is 60.7 Å². The van der Waals surface area contributed by atoms with Gasteiger partial charge in [0.05, 0.1) is 12.1 Å². The first-order chi connectivity index (χ1) is 10.2. The molecule has 0 saturated heterocycles. The van der Waals surface area contributed by atoms with Crippen LogP contribution in [0.3, 0.4) is 0 Å². The van der Waals surface area contributed by atoms with Crippen molar-refractivity contribution in [3.8, 4) is 0 Å². The summed E-state index contributed by atoms with van der Waals surface area (Å²) in [4.78, 5) is 26.2. The van der Waals surface area contributed by atoms with Gasteiger partial charge in [0.1, 0.15) is 0 Å². The Bertz CT molecular complexity index is 717. The molecule has 1 heterocycles. The predicted molar refractivity (Wildman–Crippen MR) is 81.0 cm³/mol. The Kier molecular flexibility index (Phi) is 3.40. The summed E-state index contributed by atoms with van der Waals surface area (Å²) in [5.74, 6) is -0.421. The van der Waals surface area contributed by atoms with Crippen LogP contribution < -0.4 is 0 Å². The maximum atomic E-state index is 12.6. The zero-order valence-electron chi connectivity index (χ0n) is 11.7. The Hall–Kier alpha value is -2.68. The fourth-order valence-electron chi connectivity index (χ4n) is 2.55. The van der Waals surface area contributed by atoms with Crippen molar-refractivity contribution in [1.29, 1.82) is 0 Å². The van der Waals surface area contributed by atoms with Gasteiger partial charge in [-0.3, -0.25) is 14.5 Å². The van der Waals surface area contributed by atoms with E-state index in [-0.39, 0.29) is 11.8 Å². The molecule has 0 saturated carbocycles. The first-order valence-electron chi connectivity index (χ1n) is 6.85. The van der Waals surface area contributed by atoms with Crippen molar-refractivity contribution < 1.29 is 9.59 Å². The lowest BCUT2D eigenvalue weighted by molar-refractivity contribution is -0.137. The molecule has 0 N–H and O–H groups in total. The highest BCUT2D eigenvalue weighted by Gasteiger charge is 2.36. The lowest BCUT2D eigenvalue weighted by Crippen LogP contribution is -2.30. The van der Waals surface area contributed by atoms with Crippen LogP contribution in [0.5, 0.6) is 0 Å². The lowest BCUT2D eigenvalue weighted by Gasteiger charge is -2.15. The molecule has 0 radical (unpaired) electrons. The SMILES string of the molecule is CC1=C(c2ccccc2)C(=O)N(Cc2ccccc2)C1=O. The summed E-state index contributed by atoms with van der Waals surface area (Å²) in [6, 6.07) is 18.9. The van der Waals surface area contributed by atoms with Crippen molar-refractivity contribution in [2.24, 2.45) is 0 Å². The molecule has 0 spiro atoms. The summed E-state index contributed by atoms with van der Waals surface area (Å²) in [6.07, 6.45) is 0. The van der Waals surface area contributed by atoms with Crippen LogP contribution in [0.4, 0.5) is 0 Å². The van der Waals surface area contributed by atoms with Gasteiger partial charge in [0.15, 0.2) is 0 Å². The molecular weight excluding hydrogens is 262 g/mol. The third-order valence-electron chi connectivity index (χ3n) is 3.65. The van der Waals surface area contributed by atoms with Crippen LogP contribution in [0, 0.1) is 0 Å². The van der Waals surface area contributed by atoms with Gasteiger partial charge in [0, 0.05) is 5.57 Å². The van der Waals surface area contributed by atoms with Crippen LogP contribution in [-0.2, 0) is 16.1 Å². The van der Waals surface area contributed by atoms with Crippen molar-refractivity contribution in [1.82, 2.24) is 4.90 Å². The number of nitrogens with zero attached hydrogens (tertiary/aromatic N) is 1. The topological polar surface area (TPSA) is 37.4 Å². The molecule has 2 amide bonds. The molecule has 2 aromatic carbocycles. The van der Waals surface area contributed by atoms with Crippen molar-refractivity contribution in [2.75, 3.05) is 0 Å². The zero-order chi connectivity index (χ0) is 14.8. The Morgan fingerprint density at radius 3 is 2.00 bits per heavy atom. The number of carbonyl (C=O) groups excluding carboxylic acids is 2. The maximum Gasteiger partial charge on any atom is 0.262 e. The first kappa shape index (κ1) is 13.3. The van der Waals surface area contributed by atoms with E-state index < -0.39 is 0 Å². The van der Waals surface area contributed by atoms with E-state index in [1.54, 1.807) is 6.92 Å². The van der Waals surface area contributed by atoms with Gasteiger partial charge in [-0.1, -0.05) is 60.7 Å². The van der Waals surface area contributed by atoms with E-state index in [2.05, 4.69) is 0 Å². The van der Waals surface area contributed by atoms with Gasteiger partial charge < -0.3 is 0 Å². The number of carbonyl (C=O) groups is 2. The van der Waals surface area contributed by atoms with Gasteiger partial charge >= 0.3 is 0 Å². The van der Waals surface area contributed by atoms with E-state index in [4.69, 9.17) is 0 Å². The van der Waals surface area contributed by atoms with Crippen LogP contribution in [0.15, 0.2) is 66.2 Å². The van der Waals surface area contributed by atoms with E-state index in [0.29, 0.717) is 17.7 Å². The second-order valence-electron chi connectivity index (χ2n) is 5.05. The number of imide groups is 1. The average Bonchev–Trinajstić information content (AvgIpc) is 2.73. The summed E-state index contributed by atoms with van der Waals surface area (Å²) in [6.45, 7) is 2.03. The Morgan fingerprint density at radius 1 is 0.810 bits per heavy atom. The Labute approximate surface area is 123 Å². The fourth-order valence-corrected chi connectivity index (χ4v) is 2.55. The molecule has 3 rings (SSSR count). The minimum atomic E-state index is -0.215. The second kappa shape index (κ2) is 5.37. The molecule has 0 aliphatic carbocycles. The van der Waals surface area contributed by atoms with Crippen molar-refractivity contribution in [3.63, 3.8) is 0 Å². The van der Waals surface area contributed by atoms with Crippen LogP contribution in [0.25, 0.3) is 5.57 Å². The smallest absolute Gasteiger partial charge is 0.262 e. The third kappa shape index (κ3) is 2.38. The van der Waals surface area contributed by atoms with E-state index in [9.17, 15) is 9.59 Å². The zero-order valence-corrected chi connectivity index (χ0v) is 11.7. The van der Waals surface area contributed by atoms with E-state index in [1.165, 1.54) is 4.90 Å². The van der Waals surface area contributed by atoms with Crippen LogP contribution in [0.2, 0.25) is 0 Å². The molecule has 3 heteroatoms. The van der Waals surface area contributed by atoms with Crippen molar-refractivity contribution in [3.05, 3.63) is 77.4 Å². The molecule has 1 aliphatic heterocycles. The third-order valence-corrected chi connectivity index (χ3v) is 3.65. The summed E-state index contributed by atoms with van der Waals surface area (Å²) in [5.41, 5.74) is 2.77. The monoisotopic (exact) mass is 277 g/mol. The number of rotatable bonds is 3. The predicted octanol–water partition coefficient (Wildman–Crippen LogP) is 3.03. The van der Waals surface area contributed by atoms with Crippen LogP contribution in [0.1, 0.15) is 18.1 Å². The summed E-state index contributed by atoms with van der Waals surface area (Å²) >= 11 is 0. The Balaban J connectivity index is 1.92. The maximum absolute atomic E-state index is 12.6. The van der Waals surface area contributed by atoms with Gasteiger partial charge in [-0.05, 0) is 18.1 Å². The summed E-state index contributed by atoms with van der Waals surface area (Å²) < 4.78 is 0. The molecular formula is C18H15NO2. The molecule has 0 bridgehead atoms. The number of hydrogen-bond acceptors (Lipinski definition) is 2. The number of hydrogen-bond donors (Lipinski definition) is 0.